The smallest absolute Gasteiger partial charge is 0.306 e. The molecule has 0 aliphatic heterocycles. The molecular weight excluding hydrogens is 330 g/mol. The van der Waals surface area contributed by atoms with Gasteiger partial charge in [0.05, 0.1) is 29.1 Å². The largest absolute Gasteiger partial charge is 0.481 e. The Hall–Kier alpha value is -2.34. The van der Waals surface area contributed by atoms with Crippen molar-refractivity contribution in [2.24, 2.45) is 5.92 Å². The van der Waals surface area contributed by atoms with Crippen LogP contribution in [-0.2, 0) is 4.79 Å². The fraction of sp³-hybridized carbons (Fsp3) is 0.353. The molecule has 2 aromatic rings. The lowest BCUT2D eigenvalue weighted by atomic mass is 10.1. The molecule has 1 aliphatic rings. The van der Waals surface area contributed by atoms with Crippen molar-refractivity contribution < 1.29 is 14.7 Å². The highest BCUT2D eigenvalue weighted by molar-refractivity contribution is 6.30. The summed E-state index contributed by atoms with van der Waals surface area (Å²) in [6.45, 7) is 1.82. The number of aromatic nitrogens is 2. The molecule has 24 heavy (non-hydrogen) atoms. The molecule has 1 fully saturated rings. The van der Waals surface area contributed by atoms with Crippen molar-refractivity contribution >= 4 is 23.5 Å². The Morgan fingerprint density at radius 3 is 2.62 bits per heavy atom. The molecule has 1 aromatic heterocycles. The maximum Gasteiger partial charge on any atom is 0.306 e. The van der Waals surface area contributed by atoms with Gasteiger partial charge < -0.3 is 10.4 Å². The van der Waals surface area contributed by atoms with Crippen LogP contribution in [0.25, 0.3) is 5.69 Å². The van der Waals surface area contributed by atoms with Crippen LogP contribution >= 0.6 is 11.6 Å². The lowest BCUT2D eigenvalue weighted by molar-refractivity contribution is -0.141. The van der Waals surface area contributed by atoms with E-state index < -0.39 is 5.97 Å². The van der Waals surface area contributed by atoms with Gasteiger partial charge in [-0.3, -0.25) is 9.59 Å². The highest BCUT2D eigenvalue weighted by Crippen LogP contribution is 2.26. The van der Waals surface area contributed by atoms with Crippen LogP contribution in [0.15, 0.2) is 30.5 Å². The summed E-state index contributed by atoms with van der Waals surface area (Å²) >= 11 is 5.89. The Morgan fingerprint density at radius 1 is 1.29 bits per heavy atom. The predicted octanol–water partition coefficient (Wildman–Crippen LogP) is 2.82. The number of rotatable bonds is 4. The summed E-state index contributed by atoms with van der Waals surface area (Å²) in [4.78, 5) is 23.5. The molecule has 0 saturated heterocycles. The summed E-state index contributed by atoms with van der Waals surface area (Å²) in [5.74, 6) is -1.38. The average Bonchev–Trinajstić information content (AvgIpc) is 3.15. The quantitative estimate of drug-likeness (QED) is 0.890. The van der Waals surface area contributed by atoms with E-state index in [9.17, 15) is 9.59 Å². The summed E-state index contributed by atoms with van der Waals surface area (Å²) in [5.41, 5.74) is 2.04. The maximum atomic E-state index is 12.5. The lowest BCUT2D eigenvalue weighted by Crippen LogP contribution is -2.33. The molecule has 2 N–H and O–H groups in total. The number of nitrogens with zero attached hydrogens (tertiary/aromatic N) is 2. The number of carbonyl (C=O) groups excluding carboxylic acids is 1. The van der Waals surface area contributed by atoms with Gasteiger partial charge in [0.2, 0.25) is 0 Å². The second-order valence-electron chi connectivity index (χ2n) is 6.05. The summed E-state index contributed by atoms with van der Waals surface area (Å²) in [6, 6.07) is 7.10. The minimum Gasteiger partial charge on any atom is -0.481 e. The van der Waals surface area contributed by atoms with Crippen molar-refractivity contribution in [3.05, 3.63) is 46.7 Å². The first-order valence-electron chi connectivity index (χ1n) is 7.80. The summed E-state index contributed by atoms with van der Waals surface area (Å²) in [5, 5.41) is 16.9. The molecular formula is C17H18ClN3O3. The molecule has 3 rings (SSSR count). The van der Waals surface area contributed by atoms with Gasteiger partial charge in [0.1, 0.15) is 0 Å². The number of benzene rings is 1. The zero-order chi connectivity index (χ0) is 17.3. The van der Waals surface area contributed by atoms with Gasteiger partial charge >= 0.3 is 5.97 Å². The number of carboxylic acids is 1. The number of halogens is 1. The van der Waals surface area contributed by atoms with Crippen LogP contribution < -0.4 is 5.32 Å². The number of carbonyl (C=O) groups is 2. The fourth-order valence-electron chi connectivity index (χ4n) is 3.08. The van der Waals surface area contributed by atoms with E-state index in [-0.39, 0.29) is 17.9 Å². The van der Waals surface area contributed by atoms with E-state index in [1.807, 2.05) is 19.1 Å². The van der Waals surface area contributed by atoms with Crippen molar-refractivity contribution in [2.75, 3.05) is 0 Å². The fourth-order valence-corrected chi connectivity index (χ4v) is 3.20. The second-order valence-corrected chi connectivity index (χ2v) is 6.49. The Kier molecular flexibility index (Phi) is 4.57. The SMILES string of the molecule is Cc1c(C(=O)N[C@@H]2CC[C@H](C(=O)O)C2)cnn1-c1ccc(Cl)cc1. The van der Waals surface area contributed by atoms with Crippen molar-refractivity contribution in [1.82, 2.24) is 15.1 Å². The minimum absolute atomic E-state index is 0.100. The van der Waals surface area contributed by atoms with E-state index in [1.54, 1.807) is 16.8 Å². The summed E-state index contributed by atoms with van der Waals surface area (Å²) < 4.78 is 1.68. The minimum atomic E-state index is -0.793. The molecule has 1 amide bonds. The van der Waals surface area contributed by atoms with Gasteiger partial charge in [-0.25, -0.2) is 4.68 Å². The van der Waals surface area contributed by atoms with Gasteiger partial charge in [0.25, 0.3) is 5.91 Å². The van der Waals surface area contributed by atoms with Crippen LogP contribution in [0.1, 0.15) is 35.3 Å². The molecule has 6 nitrogen and oxygen atoms in total. The highest BCUT2D eigenvalue weighted by atomic mass is 35.5. The lowest BCUT2D eigenvalue weighted by Gasteiger charge is -2.12. The van der Waals surface area contributed by atoms with Gasteiger partial charge in [0, 0.05) is 11.1 Å². The van der Waals surface area contributed by atoms with Crippen molar-refractivity contribution in [3.63, 3.8) is 0 Å². The van der Waals surface area contributed by atoms with E-state index in [0.717, 1.165) is 11.4 Å². The highest BCUT2D eigenvalue weighted by Gasteiger charge is 2.31. The topological polar surface area (TPSA) is 84.2 Å². The van der Waals surface area contributed by atoms with E-state index in [0.29, 0.717) is 29.8 Å². The number of carboxylic acid groups (broad SMARTS) is 1. The van der Waals surface area contributed by atoms with Crippen LogP contribution in [0.5, 0.6) is 0 Å². The summed E-state index contributed by atoms with van der Waals surface area (Å²) in [7, 11) is 0. The number of hydrogen-bond acceptors (Lipinski definition) is 3. The Morgan fingerprint density at radius 2 is 2.00 bits per heavy atom. The van der Waals surface area contributed by atoms with E-state index >= 15 is 0 Å². The third kappa shape index (κ3) is 3.28. The number of amides is 1. The molecule has 0 unspecified atom stereocenters. The van der Waals surface area contributed by atoms with Gasteiger partial charge in [0.15, 0.2) is 0 Å². The van der Waals surface area contributed by atoms with Gasteiger partial charge in [-0.15, -0.1) is 0 Å². The predicted molar refractivity (Wildman–Crippen MR) is 89.5 cm³/mol. The van der Waals surface area contributed by atoms with Crippen molar-refractivity contribution in [1.29, 1.82) is 0 Å². The molecule has 0 bridgehead atoms. The molecule has 2 atom stereocenters. The van der Waals surface area contributed by atoms with E-state index in [1.165, 1.54) is 6.20 Å². The monoisotopic (exact) mass is 347 g/mol. The first-order valence-corrected chi connectivity index (χ1v) is 8.17. The zero-order valence-electron chi connectivity index (χ0n) is 13.2. The zero-order valence-corrected chi connectivity index (χ0v) is 14.0. The molecule has 0 radical (unpaired) electrons. The van der Waals surface area contributed by atoms with Crippen LogP contribution in [0.2, 0.25) is 5.02 Å². The van der Waals surface area contributed by atoms with Gasteiger partial charge in [-0.2, -0.15) is 5.10 Å². The first kappa shape index (κ1) is 16.5. The second kappa shape index (κ2) is 6.65. The average molecular weight is 348 g/mol. The van der Waals surface area contributed by atoms with Crippen LogP contribution in [0.4, 0.5) is 0 Å². The third-order valence-corrected chi connectivity index (χ3v) is 4.69. The molecule has 1 heterocycles. The molecule has 0 spiro atoms. The van der Waals surface area contributed by atoms with Crippen LogP contribution in [0.3, 0.4) is 0 Å². The molecule has 126 valence electrons. The van der Waals surface area contributed by atoms with Gasteiger partial charge in [-0.1, -0.05) is 11.6 Å². The van der Waals surface area contributed by atoms with Crippen molar-refractivity contribution in [3.8, 4) is 5.69 Å². The van der Waals surface area contributed by atoms with E-state index in [4.69, 9.17) is 16.7 Å². The van der Waals surface area contributed by atoms with Crippen LogP contribution in [0, 0.1) is 12.8 Å². The Labute approximate surface area is 144 Å². The van der Waals surface area contributed by atoms with E-state index in [2.05, 4.69) is 10.4 Å². The van der Waals surface area contributed by atoms with Crippen LogP contribution in [-0.4, -0.2) is 32.8 Å². The molecule has 1 aromatic carbocycles. The number of hydrogen-bond donors (Lipinski definition) is 2. The number of nitrogens with one attached hydrogen (secondary N) is 1. The molecule has 1 aliphatic carbocycles. The molecule has 7 heteroatoms. The van der Waals surface area contributed by atoms with Gasteiger partial charge in [-0.05, 0) is 50.5 Å². The molecule has 1 saturated carbocycles. The standard InChI is InChI=1S/C17H18ClN3O3/c1-10-15(9-19-21(10)14-6-3-12(18)4-7-14)16(22)20-13-5-2-11(8-13)17(23)24/h3-4,6-7,9,11,13H,2,5,8H2,1H3,(H,20,22)(H,23,24)/t11-,13+/m0/s1. The Bertz CT molecular complexity index is 770. The Balaban J connectivity index is 1.72. The first-order chi connectivity index (χ1) is 11.5. The van der Waals surface area contributed by atoms with Crippen molar-refractivity contribution in [2.45, 2.75) is 32.2 Å². The third-order valence-electron chi connectivity index (χ3n) is 4.44. The normalized spacial score (nSPS) is 20.1. The summed E-state index contributed by atoms with van der Waals surface area (Å²) in [6.07, 6.45) is 3.30. The number of aliphatic carboxylic acids is 1. The maximum absolute atomic E-state index is 12.5.